The van der Waals surface area contributed by atoms with Crippen LogP contribution < -0.4 is 0 Å². The molecule has 2 atom stereocenters. The summed E-state index contributed by atoms with van der Waals surface area (Å²) in [6.07, 6.45) is 0.619. The Kier molecular flexibility index (Phi) is 4.46. The van der Waals surface area contributed by atoms with Crippen molar-refractivity contribution in [3.63, 3.8) is 0 Å². The van der Waals surface area contributed by atoms with E-state index in [0.717, 1.165) is 0 Å². The molecule has 0 aromatic heterocycles. The van der Waals surface area contributed by atoms with Gasteiger partial charge >= 0.3 is 11.9 Å². The van der Waals surface area contributed by atoms with E-state index in [-0.39, 0.29) is 25.4 Å². The predicted octanol–water partition coefficient (Wildman–Crippen LogP) is 0.708. The maximum atomic E-state index is 11.5. The Hall–Kier alpha value is -1.39. The van der Waals surface area contributed by atoms with Gasteiger partial charge in [-0.2, -0.15) is 0 Å². The number of carbonyl (C=O) groups excluding carboxylic acids is 3. The van der Waals surface area contributed by atoms with E-state index in [1.807, 2.05) is 0 Å². The van der Waals surface area contributed by atoms with Gasteiger partial charge in [0.1, 0.15) is 11.7 Å². The fourth-order valence-electron chi connectivity index (χ4n) is 1.88. The Bertz CT molecular complexity index is 297. The van der Waals surface area contributed by atoms with Gasteiger partial charge in [0.15, 0.2) is 0 Å². The normalized spacial score (nSPS) is 24.2. The fourth-order valence-corrected chi connectivity index (χ4v) is 1.88. The number of hydrogen-bond donors (Lipinski definition) is 0. The summed E-state index contributed by atoms with van der Waals surface area (Å²) < 4.78 is 9.62. The molecule has 0 aromatic rings. The van der Waals surface area contributed by atoms with Crippen LogP contribution in [0.1, 0.15) is 26.7 Å². The molecule has 5 nitrogen and oxygen atoms in total. The second-order valence-corrected chi connectivity index (χ2v) is 3.59. The number of hydrogen-bond acceptors (Lipinski definition) is 5. The van der Waals surface area contributed by atoms with Crippen LogP contribution in [0.5, 0.6) is 0 Å². The standard InChI is InChI=1S/C11H16O5/c1-3-15-10(13)7-5-6-8(12)9(7)11(14)16-4-2/h7,9H,3-6H2,1-2H3. The molecule has 0 amide bonds. The average molecular weight is 228 g/mol. The molecule has 0 N–H and O–H groups in total. The van der Waals surface area contributed by atoms with Crippen molar-refractivity contribution in [2.45, 2.75) is 26.7 Å². The highest BCUT2D eigenvalue weighted by Crippen LogP contribution is 2.30. The van der Waals surface area contributed by atoms with E-state index in [1.165, 1.54) is 0 Å². The van der Waals surface area contributed by atoms with Crippen molar-refractivity contribution in [2.24, 2.45) is 11.8 Å². The second-order valence-electron chi connectivity index (χ2n) is 3.59. The molecule has 1 fully saturated rings. The van der Waals surface area contributed by atoms with E-state index in [9.17, 15) is 14.4 Å². The number of carbonyl (C=O) groups is 3. The molecule has 1 rings (SSSR count). The highest BCUT2D eigenvalue weighted by Gasteiger charge is 2.45. The van der Waals surface area contributed by atoms with Gasteiger partial charge in [-0.15, -0.1) is 0 Å². The topological polar surface area (TPSA) is 69.7 Å². The maximum absolute atomic E-state index is 11.5. The van der Waals surface area contributed by atoms with Crippen molar-refractivity contribution in [3.05, 3.63) is 0 Å². The monoisotopic (exact) mass is 228 g/mol. The van der Waals surface area contributed by atoms with E-state index in [4.69, 9.17) is 9.47 Å². The van der Waals surface area contributed by atoms with Crippen molar-refractivity contribution < 1.29 is 23.9 Å². The van der Waals surface area contributed by atoms with E-state index in [2.05, 4.69) is 0 Å². The van der Waals surface area contributed by atoms with Crippen LogP contribution in [0.25, 0.3) is 0 Å². The van der Waals surface area contributed by atoms with Gasteiger partial charge in [-0.05, 0) is 20.3 Å². The minimum Gasteiger partial charge on any atom is -0.466 e. The number of ether oxygens (including phenoxy) is 2. The van der Waals surface area contributed by atoms with Crippen molar-refractivity contribution in [3.8, 4) is 0 Å². The highest BCUT2D eigenvalue weighted by atomic mass is 16.5. The van der Waals surface area contributed by atoms with Gasteiger partial charge in [-0.1, -0.05) is 0 Å². The lowest BCUT2D eigenvalue weighted by Crippen LogP contribution is -2.32. The summed E-state index contributed by atoms with van der Waals surface area (Å²) in [7, 11) is 0. The Morgan fingerprint density at radius 2 is 1.75 bits per heavy atom. The van der Waals surface area contributed by atoms with E-state index >= 15 is 0 Å². The van der Waals surface area contributed by atoms with Crippen molar-refractivity contribution in [2.75, 3.05) is 13.2 Å². The number of ketones is 1. The predicted molar refractivity (Wildman–Crippen MR) is 54.5 cm³/mol. The molecule has 1 saturated carbocycles. The Balaban J connectivity index is 2.73. The van der Waals surface area contributed by atoms with Crippen LogP contribution in [0.2, 0.25) is 0 Å². The van der Waals surface area contributed by atoms with Crippen LogP contribution in [-0.4, -0.2) is 30.9 Å². The summed E-state index contributed by atoms with van der Waals surface area (Å²) in [4.78, 5) is 34.6. The van der Waals surface area contributed by atoms with Crippen molar-refractivity contribution in [1.29, 1.82) is 0 Å². The molecule has 16 heavy (non-hydrogen) atoms. The average Bonchev–Trinajstić information content (AvgIpc) is 2.61. The number of rotatable bonds is 4. The van der Waals surface area contributed by atoms with Gasteiger partial charge in [0.05, 0.1) is 19.1 Å². The molecule has 5 heteroatoms. The zero-order valence-electron chi connectivity index (χ0n) is 9.52. The van der Waals surface area contributed by atoms with Crippen LogP contribution in [0.3, 0.4) is 0 Å². The third-order valence-electron chi connectivity index (χ3n) is 2.58. The third-order valence-corrected chi connectivity index (χ3v) is 2.58. The SMILES string of the molecule is CCOC(=O)C1CCC(=O)C1C(=O)OCC. The third kappa shape index (κ3) is 2.59. The molecular formula is C11H16O5. The molecule has 2 unspecified atom stereocenters. The Morgan fingerprint density at radius 3 is 2.31 bits per heavy atom. The molecule has 90 valence electrons. The molecule has 0 heterocycles. The van der Waals surface area contributed by atoms with Gasteiger partial charge in [0, 0.05) is 6.42 Å². The Labute approximate surface area is 94.1 Å². The molecule has 0 bridgehead atoms. The highest BCUT2D eigenvalue weighted by molar-refractivity contribution is 6.04. The van der Waals surface area contributed by atoms with Gasteiger partial charge in [-0.25, -0.2) is 0 Å². The molecule has 1 aliphatic carbocycles. The summed E-state index contributed by atoms with van der Waals surface area (Å²) in [5.41, 5.74) is 0. The first-order valence-electron chi connectivity index (χ1n) is 5.47. The number of esters is 2. The minimum absolute atomic E-state index is 0.207. The van der Waals surface area contributed by atoms with E-state index in [1.54, 1.807) is 13.8 Å². The lowest BCUT2D eigenvalue weighted by atomic mass is 9.96. The van der Waals surface area contributed by atoms with Crippen LogP contribution in [-0.2, 0) is 23.9 Å². The molecular weight excluding hydrogens is 212 g/mol. The second kappa shape index (κ2) is 5.63. The van der Waals surface area contributed by atoms with Crippen LogP contribution in [0.4, 0.5) is 0 Å². The molecule has 1 aliphatic rings. The smallest absolute Gasteiger partial charge is 0.317 e. The van der Waals surface area contributed by atoms with E-state index in [0.29, 0.717) is 6.42 Å². The summed E-state index contributed by atoms with van der Waals surface area (Å²) in [6.45, 7) is 3.81. The Morgan fingerprint density at radius 1 is 1.19 bits per heavy atom. The fraction of sp³-hybridized carbons (Fsp3) is 0.727. The summed E-state index contributed by atoms with van der Waals surface area (Å²) in [5.74, 6) is -2.93. The summed E-state index contributed by atoms with van der Waals surface area (Å²) in [6, 6.07) is 0. The molecule has 0 saturated heterocycles. The summed E-state index contributed by atoms with van der Waals surface area (Å²) >= 11 is 0. The molecule has 0 spiro atoms. The molecule has 0 aliphatic heterocycles. The van der Waals surface area contributed by atoms with Crippen molar-refractivity contribution in [1.82, 2.24) is 0 Å². The first kappa shape index (κ1) is 12.7. The van der Waals surface area contributed by atoms with Crippen molar-refractivity contribution >= 4 is 17.7 Å². The minimum atomic E-state index is -0.959. The van der Waals surface area contributed by atoms with E-state index < -0.39 is 23.8 Å². The molecule has 0 aromatic carbocycles. The quantitative estimate of drug-likeness (QED) is 0.523. The van der Waals surface area contributed by atoms with Crippen LogP contribution in [0.15, 0.2) is 0 Å². The molecule has 0 radical (unpaired) electrons. The zero-order valence-corrected chi connectivity index (χ0v) is 9.52. The lowest BCUT2D eigenvalue weighted by molar-refractivity contribution is -0.160. The van der Waals surface area contributed by atoms with Crippen LogP contribution >= 0.6 is 0 Å². The van der Waals surface area contributed by atoms with Gasteiger partial charge in [0.25, 0.3) is 0 Å². The zero-order chi connectivity index (χ0) is 12.1. The lowest BCUT2D eigenvalue weighted by Gasteiger charge is -2.15. The summed E-state index contributed by atoms with van der Waals surface area (Å²) in [5, 5.41) is 0. The number of Topliss-reactive ketones (excluding diaryl/α,β-unsaturated/α-hetero) is 1. The van der Waals surface area contributed by atoms with Gasteiger partial charge < -0.3 is 9.47 Å². The van der Waals surface area contributed by atoms with Gasteiger partial charge in [0.2, 0.25) is 0 Å². The van der Waals surface area contributed by atoms with Gasteiger partial charge in [-0.3, -0.25) is 14.4 Å². The first-order chi connectivity index (χ1) is 7.61. The first-order valence-corrected chi connectivity index (χ1v) is 5.47. The maximum Gasteiger partial charge on any atom is 0.317 e. The largest absolute Gasteiger partial charge is 0.466 e. The van der Waals surface area contributed by atoms with Crippen LogP contribution in [0, 0.1) is 11.8 Å².